The molecule has 4 N–H and O–H groups in total. The molecule has 0 spiro atoms. The van der Waals surface area contributed by atoms with E-state index in [1.807, 2.05) is 33.8 Å². The van der Waals surface area contributed by atoms with Gasteiger partial charge >= 0.3 is 5.97 Å². The number of rotatable bonds is 9. The maximum absolute atomic E-state index is 13.3. The van der Waals surface area contributed by atoms with Crippen LogP contribution < -0.4 is 20.1 Å². The van der Waals surface area contributed by atoms with Gasteiger partial charge in [0.05, 0.1) is 18.0 Å². The van der Waals surface area contributed by atoms with Crippen LogP contribution in [-0.4, -0.2) is 67.0 Å². The van der Waals surface area contributed by atoms with Gasteiger partial charge in [-0.2, -0.15) is 0 Å². The van der Waals surface area contributed by atoms with Gasteiger partial charge in [0.25, 0.3) is 0 Å². The van der Waals surface area contributed by atoms with Crippen molar-refractivity contribution in [2.45, 2.75) is 58.3 Å². The molecule has 1 atom stereocenters. The molecule has 9 nitrogen and oxygen atoms in total. The maximum atomic E-state index is 13.3. The first kappa shape index (κ1) is 28.0. The molecule has 1 heterocycles. The molecule has 1 aliphatic heterocycles. The van der Waals surface area contributed by atoms with Crippen molar-refractivity contribution in [1.82, 2.24) is 4.90 Å². The number of hydrogen-bond acceptors (Lipinski definition) is 7. The normalized spacial score (nSPS) is 15.1. The molecule has 0 bridgehead atoms. The molecule has 3 rings (SSSR count). The molecule has 200 valence electrons. The van der Waals surface area contributed by atoms with Gasteiger partial charge in [0.15, 0.2) is 6.04 Å². The number of benzene rings is 2. The van der Waals surface area contributed by atoms with Crippen LogP contribution in [0.25, 0.3) is 0 Å². The molecule has 2 aromatic carbocycles. The van der Waals surface area contributed by atoms with Crippen molar-refractivity contribution >= 4 is 23.3 Å². The summed E-state index contributed by atoms with van der Waals surface area (Å²) in [5.74, 6) is 1.22. The summed E-state index contributed by atoms with van der Waals surface area (Å²) in [6.07, 6.45) is 1.82. The highest BCUT2D eigenvalue weighted by Gasteiger charge is 2.29. The third kappa shape index (κ3) is 8.21. The van der Waals surface area contributed by atoms with E-state index in [0.29, 0.717) is 17.1 Å². The molecule has 0 amide bonds. The summed E-state index contributed by atoms with van der Waals surface area (Å²) in [4.78, 5) is 17.1. The van der Waals surface area contributed by atoms with Crippen LogP contribution in [0.15, 0.2) is 48.5 Å². The highest BCUT2D eigenvalue weighted by atomic mass is 16.5. The Labute approximate surface area is 219 Å². The number of nitrogen functional groups attached to an aromatic ring is 1. The van der Waals surface area contributed by atoms with E-state index in [0.717, 1.165) is 37.4 Å². The van der Waals surface area contributed by atoms with Gasteiger partial charge in [-0.15, -0.1) is 0 Å². The maximum Gasteiger partial charge on any atom is 0.336 e. The van der Waals surface area contributed by atoms with Crippen molar-refractivity contribution in [1.29, 1.82) is 10.8 Å². The van der Waals surface area contributed by atoms with Gasteiger partial charge < -0.3 is 29.7 Å². The van der Waals surface area contributed by atoms with Gasteiger partial charge in [-0.3, -0.25) is 10.8 Å². The molecule has 9 heteroatoms. The number of amidine groups is 2. The number of esters is 1. The Morgan fingerprint density at radius 2 is 1.73 bits per heavy atom. The topological polar surface area (TPSA) is 125 Å². The zero-order valence-corrected chi connectivity index (χ0v) is 22.4. The number of nitrogens with zero attached hydrogens (tertiary/aromatic N) is 2. The average molecular weight is 510 g/mol. The lowest BCUT2D eigenvalue weighted by Gasteiger charge is -2.32. The number of piperidine rings is 1. The monoisotopic (exact) mass is 509 g/mol. The molecular formula is C28H39N5O4. The number of nitrogens with one attached hydrogen (secondary N) is 2. The highest BCUT2D eigenvalue weighted by molar-refractivity contribution is 5.96. The van der Waals surface area contributed by atoms with Gasteiger partial charge in [-0.1, -0.05) is 12.1 Å². The van der Waals surface area contributed by atoms with Crippen LogP contribution in [0.4, 0.5) is 5.69 Å². The van der Waals surface area contributed by atoms with Gasteiger partial charge in [0.1, 0.15) is 23.4 Å². The second-order valence-electron chi connectivity index (χ2n) is 10.3. The van der Waals surface area contributed by atoms with Crippen LogP contribution in [0, 0.1) is 10.8 Å². The zero-order chi connectivity index (χ0) is 27.2. The summed E-state index contributed by atoms with van der Waals surface area (Å²) in [7, 11) is 1.79. The highest BCUT2D eigenvalue weighted by Crippen LogP contribution is 2.24. The van der Waals surface area contributed by atoms with Crippen LogP contribution in [0.5, 0.6) is 11.5 Å². The molecule has 2 aromatic rings. The van der Waals surface area contributed by atoms with Crippen molar-refractivity contribution in [3.8, 4) is 11.5 Å². The fourth-order valence-corrected chi connectivity index (χ4v) is 4.01. The number of carbonyl (C=O) groups is 1. The minimum absolute atomic E-state index is 0.0435. The van der Waals surface area contributed by atoms with Crippen molar-refractivity contribution in [2.75, 3.05) is 31.6 Å². The van der Waals surface area contributed by atoms with Gasteiger partial charge in [0.2, 0.25) is 0 Å². The largest absolute Gasteiger partial charge is 0.490 e. The summed E-state index contributed by atoms with van der Waals surface area (Å²) in [5, 5.41) is 15.5. The molecule has 0 aliphatic carbocycles. The van der Waals surface area contributed by atoms with Crippen LogP contribution in [0.1, 0.15) is 46.1 Å². The van der Waals surface area contributed by atoms with E-state index in [4.69, 9.17) is 30.8 Å². The predicted molar refractivity (Wildman–Crippen MR) is 146 cm³/mol. The van der Waals surface area contributed by atoms with E-state index < -0.39 is 17.6 Å². The fraction of sp³-hybridized carbons (Fsp3) is 0.464. The molecule has 1 fully saturated rings. The van der Waals surface area contributed by atoms with E-state index in [9.17, 15) is 4.79 Å². The molecule has 0 aromatic heterocycles. The summed E-state index contributed by atoms with van der Waals surface area (Å²) < 4.78 is 17.8. The fourth-order valence-electron chi connectivity index (χ4n) is 4.01. The third-order valence-electron chi connectivity index (χ3n) is 6.24. The average Bonchev–Trinajstić information content (AvgIpc) is 2.85. The van der Waals surface area contributed by atoms with Crippen LogP contribution >= 0.6 is 0 Å². The second-order valence-corrected chi connectivity index (χ2v) is 10.3. The number of nitrogens with two attached hydrogens (primary N) is 1. The summed E-state index contributed by atoms with van der Waals surface area (Å²) >= 11 is 0. The van der Waals surface area contributed by atoms with Crippen molar-refractivity contribution in [3.63, 3.8) is 0 Å². The van der Waals surface area contributed by atoms with Crippen LogP contribution in [0.2, 0.25) is 0 Å². The minimum Gasteiger partial charge on any atom is -0.490 e. The Bertz CT molecular complexity index is 1090. The minimum atomic E-state index is -0.722. The quantitative estimate of drug-likeness (QED) is 0.202. The summed E-state index contributed by atoms with van der Waals surface area (Å²) in [5.41, 5.74) is 6.51. The SMILES string of the molecule is CC(=N)N1CCC(Oc2ccc(OC(=O)[C@H](COC(C)(C)C)N(C)c3cccc(C(=N)N)c3)cc2)CC1. The van der Waals surface area contributed by atoms with E-state index >= 15 is 0 Å². The standard InChI is InChI=1S/C28H39N5O4/c1-19(29)33-15-13-24(14-16-33)36-22-9-11-23(12-10-22)37-27(34)25(18-35-28(2,3)4)32(5)21-8-6-7-20(17-21)26(30)31/h6-12,17,24-25,29H,13-16,18H2,1-5H3,(H3,30,31)/t25-/m0/s1. The predicted octanol–water partition coefficient (Wildman–Crippen LogP) is 4.04. The number of likely N-dealkylation sites (tertiary alicyclic amines) is 1. The lowest BCUT2D eigenvalue weighted by Crippen LogP contribution is -2.46. The van der Waals surface area contributed by atoms with Gasteiger partial charge in [-0.25, -0.2) is 4.79 Å². The molecular weight excluding hydrogens is 470 g/mol. The van der Waals surface area contributed by atoms with E-state index in [1.165, 1.54) is 0 Å². The van der Waals surface area contributed by atoms with Crippen molar-refractivity contribution in [2.24, 2.45) is 5.73 Å². The molecule has 1 aliphatic rings. The first-order valence-electron chi connectivity index (χ1n) is 12.5. The lowest BCUT2D eigenvalue weighted by atomic mass is 10.1. The number of hydrogen-bond donors (Lipinski definition) is 3. The number of likely N-dealkylation sites (N-methyl/N-ethyl adjacent to an activating group) is 1. The van der Waals surface area contributed by atoms with Crippen molar-refractivity contribution in [3.05, 3.63) is 54.1 Å². The summed E-state index contributed by atoms with van der Waals surface area (Å²) in [6, 6.07) is 13.5. The second kappa shape index (κ2) is 12.1. The first-order valence-corrected chi connectivity index (χ1v) is 12.5. The lowest BCUT2D eigenvalue weighted by molar-refractivity contribution is -0.138. The van der Waals surface area contributed by atoms with Gasteiger partial charge in [-0.05, 0) is 64.1 Å². The molecule has 0 radical (unpaired) electrons. The molecule has 0 saturated carbocycles. The Balaban J connectivity index is 1.67. The molecule has 0 unspecified atom stereocenters. The molecule has 1 saturated heterocycles. The van der Waals surface area contributed by atoms with Gasteiger partial charge in [0, 0.05) is 44.2 Å². The Kier molecular flexibility index (Phi) is 9.15. The Morgan fingerprint density at radius 1 is 1.11 bits per heavy atom. The number of ether oxygens (including phenoxy) is 3. The van der Waals surface area contributed by atoms with Crippen molar-refractivity contribution < 1.29 is 19.0 Å². The van der Waals surface area contributed by atoms with E-state index in [-0.39, 0.29) is 18.5 Å². The van der Waals surface area contributed by atoms with Crippen LogP contribution in [-0.2, 0) is 9.53 Å². The smallest absolute Gasteiger partial charge is 0.336 e. The third-order valence-corrected chi connectivity index (χ3v) is 6.24. The number of anilines is 1. The Hall–Kier alpha value is -3.59. The first-order chi connectivity index (χ1) is 17.4. The summed E-state index contributed by atoms with van der Waals surface area (Å²) in [6.45, 7) is 9.36. The van der Waals surface area contributed by atoms with Crippen LogP contribution in [0.3, 0.4) is 0 Å². The zero-order valence-electron chi connectivity index (χ0n) is 22.4. The van der Waals surface area contributed by atoms with E-state index in [2.05, 4.69) is 4.90 Å². The Morgan fingerprint density at radius 3 is 2.30 bits per heavy atom. The molecule has 37 heavy (non-hydrogen) atoms. The number of carbonyl (C=O) groups excluding carboxylic acids is 1. The van der Waals surface area contributed by atoms with E-state index in [1.54, 1.807) is 54.4 Å².